The number of carbonyl (C=O) groups is 2. The van der Waals surface area contributed by atoms with Crippen molar-refractivity contribution < 1.29 is 23.1 Å². The van der Waals surface area contributed by atoms with E-state index in [0.717, 1.165) is 5.56 Å². The molecule has 0 radical (unpaired) electrons. The van der Waals surface area contributed by atoms with E-state index in [0.29, 0.717) is 5.56 Å². The molecule has 2 aromatic carbocycles. The summed E-state index contributed by atoms with van der Waals surface area (Å²) in [5.41, 5.74) is 1.66. The highest BCUT2D eigenvalue weighted by molar-refractivity contribution is 7.89. The molecule has 144 valence electrons. The van der Waals surface area contributed by atoms with E-state index >= 15 is 0 Å². The summed E-state index contributed by atoms with van der Waals surface area (Å²) in [4.78, 5) is 24.5. The van der Waals surface area contributed by atoms with Crippen molar-refractivity contribution in [3.63, 3.8) is 0 Å². The molecule has 8 heteroatoms. The van der Waals surface area contributed by atoms with Gasteiger partial charge in [0.05, 0.1) is 11.3 Å². The predicted octanol–water partition coefficient (Wildman–Crippen LogP) is 2.02. The zero-order chi connectivity index (χ0) is 20.0. The van der Waals surface area contributed by atoms with Crippen LogP contribution in [0.25, 0.3) is 0 Å². The number of aryl methyl sites for hydroxylation is 1. The number of rotatable bonds is 8. The Morgan fingerprint density at radius 3 is 2.41 bits per heavy atom. The lowest BCUT2D eigenvalue weighted by molar-refractivity contribution is -0.137. The third-order valence-electron chi connectivity index (χ3n) is 4.07. The minimum atomic E-state index is -3.80. The Balaban J connectivity index is 2.19. The van der Waals surface area contributed by atoms with Gasteiger partial charge in [-0.2, -0.15) is 0 Å². The van der Waals surface area contributed by atoms with Crippen LogP contribution in [0.15, 0.2) is 53.4 Å². The van der Waals surface area contributed by atoms with Crippen molar-refractivity contribution in [1.29, 1.82) is 0 Å². The van der Waals surface area contributed by atoms with Gasteiger partial charge in [-0.15, -0.1) is 0 Å². The lowest BCUT2D eigenvalue weighted by Gasteiger charge is -2.18. The Kier molecular flexibility index (Phi) is 6.70. The van der Waals surface area contributed by atoms with Crippen LogP contribution in [0.1, 0.15) is 27.9 Å². The second kappa shape index (κ2) is 8.79. The first kappa shape index (κ1) is 20.6. The van der Waals surface area contributed by atoms with E-state index in [1.54, 1.807) is 13.0 Å². The number of benzene rings is 2. The Morgan fingerprint density at radius 2 is 1.78 bits per heavy atom. The fourth-order valence-electron chi connectivity index (χ4n) is 2.43. The van der Waals surface area contributed by atoms with Gasteiger partial charge in [-0.25, -0.2) is 13.1 Å². The number of aliphatic carboxylic acids is 1. The van der Waals surface area contributed by atoms with Crippen LogP contribution in [-0.2, 0) is 21.4 Å². The molecule has 0 heterocycles. The van der Waals surface area contributed by atoms with E-state index < -0.39 is 21.9 Å². The highest BCUT2D eigenvalue weighted by Crippen LogP contribution is 2.18. The second-order valence-corrected chi connectivity index (χ2v) is 7.92. The summed E-state index contributed by atoms with van der Waals surface area (Å²) in [6.07, 6.45) is -0.183. The molecular weight excluding hydrogens is 368 g/mol. The van der Waals surface area contributed by atoms with Crippen LogP contribution >= 0.6 is 0 Å². The molecule has 0 aromatic heterocycles. The average molecular weight is 390 g/mol. The molecule has 0 aliphatic heterocycles. The van der Waals surface area contributed by atoms with Gasteiger partial charge in [0.25, 0.3) is 5.91 Å². The average Bonchev–Trinajstić information content (AvgIpc) is 2.65. The number of hydrogen-bond acceptors (Lipinski definition) is 4. The van der Waals surface area contributed by atoms with E-state index in [1.165, 1.54) is 24.1 Å². The highest BCUT2D eigenvalue weighted by atomic mass is 32.2. The fraction of sp³-hybridized carbons (Fsp3) is 0.263. The maximum Gasteiger partial charge on any atom is 0.305 e. The number of nitrogens with zero attached hydrogens (tertiary/aromatic N) is 1. The maximum atomic E-state index is 12.6. The summed E-state index contributed by atoms with van der Waals surface area (Å²) in [5, 5.41) is 8.75. The summed E-state index contributed by atoms with van der Waals surface area (Å²) in [6.45, 7) is 1.88. The Labute approximate surface area is 158 Å². The monoisotopic (exact) mass is 390 g/mol. The van der Waals surface area contributed by atoms with Gasteiger partial charge in [0, 0.05) is 25.7 Å². The molecule has 2 N–H and O–H groups in total. The second-order valence-electron chi connectivity index (χ2n) is 6.16. The molecular formula is C19H22N2O5S. The molecule has 0 bridgehead atoms. The molecule has 0 atom stereocenters. The van der Waals surface area contributed by atoms with Gasteiger partial charge in [-0.05, 0) is 30.2 Å². The van der Waals surface area contributed by atoms with Crippen LogP contribution in [0.3, 0.4) is 0 Å². The predicted molar refractivity (Wildman–Crippen MR) is 101 cm³/mol. The van der Waals surface area contributed by atoms with Crippen molar-refractivity contribution in [1.82, 2.24) is 9.62 Å². The Hall–Kier alpha value is -2.71. The summed E-state index contributed by atoms with van der Waals surface area (Å²) in [5.74, 6) is -1.43. The van der Waals surface area contributed by atoms with Gasteiger partial charge in [-0.3, -0.25) is 9.59 Å². The molecule has 2 rings (SSSR count). The SMILES string of the molecule is Cc1ccc(S(=O)(=O)NCc2ccccc2)cc1C(=O)N(C)CCC(=O)O. The summed E-state index contributed by atoms with van der Waals surface area (Å²) in [6, 6.07) is 13.4. The van der Waals surface area contributed by atoms with Crippen LogP contribution in [0, 0.1) is 6.92 Å². The standard InChI is InChI=1S/C19H22N2O5S/c1-14-8-9-16(12-17(14)19(24)21(2)11-10-18(22)23)27(25,26)20-13-15-6-4-3-5-7-15/h3-9,12,20H,10-11,13H2,1-2H3,(H,22,23). The molecule has 0 saturated carbocycles. The van der Waals surface area contributed by atoms with Crippen molar-refractivity contribution in [2.45, 2.75) is 24.8 Å². The van der Waals surface area contributed by atoms with Crippen LogP contribution < -0.4 is 4.72 Å². The molecule has 2 aromatic rings. The largest absolute Gasteiger partial charge is 0.481 e. The van der Waals surface area contributed by atoms with E-state index in [9.17, 15) is 18.0 Å². The van der Waals surface area contributed by atoms with Crippen molar-refractivity contribution >= 4 is 21.9 Å². The van der Waals surface area contributed by atoms with Crippen LogP contribution in [0.4, 0.5) is 0 Å². The third-order valence-corrected chi connectivity index (χ3v) is 5.47. The molecule has 0 saturated heterocycles. The van der Waals surface area contributed by atoms with E-state index in [4.69, 9.17) is 5.11 Å². The summed E-state index contributed by atoms with van der Waals surface area (Å²) in [7, 11) is -2.31. The van der Waals surface area contributed by atoms with Crippen LogP contribution in [0.2, 0.25) is 0 Å². The summed E-state index contributed by atoms with van der Waals surface area (Å²) < 4.78 is 27.6. The van der Waals surface area contributed by atoms with Crippen LogP contribution in [0.5, 0.6) is 0 Å². The number of carboxylic acids is 1. The molecule has 0 unspecified atom stereocenters. The maximum absolute atomic E-state index is 12.6. The molecule has 1 amide bonds. The molecule has 27 heavy (non-hydrogen) atoms. The number of hydrogen-bond donors (Lipinski definition) is 2. The van der Waals surface area contributed by atoms with Gasteiger partial charge in [0.1, 0.15) is 0 Å². The quantitative estimate of drug-likeness (QED) is 0.718. The third kappa shape index (κ3) is 5.63. The number of sulfonamides is 1. The smallest absolute Gasteiger partial charge is 0.305 e. The Morgan fingerprint density at radius 1 is 1.11 bits per heavy atom. The van der Waals surface area contributed by atoms with E-state index in [1.807, 2.05) is 30.3 Å². The van der Waals surface area contributed by atoms with Gasteiger partial charge < -0.3 is 10.0 Å². The van der Waals surface area contributed by atoms with Gasteiger partial charge in [0.2, 0.25) is 10.0 Å². The van der Waals surface area contributed by atoms with Crippen molar-refractivity contribution in [3.8, 4) is 0 Å². The zero-order valence-electron chi connectivity index (χ0n) is 15.2. The normalized spacial score (nSPS) is 11.2. The first-order valence-corrected chi connectivity index (χ1v) is 9.80. The first-order chi connectivity index (χ1) is 12.7. The molecule has 0 aliphatic rings. The summed E-state index contributed by atoms with van der Waals surface area (Å²) >= 11 is 0. The number of amides is 1. The Bertz CT molecular complexity index is 926. The van der Waals surface area contributed by atoms with E-state index in [2.05, 4.69) is 4.72 Å². The van der Waals surface area contributed by atoms with Crippen molar-refractivity contribution in [2.75, 3.05) is 13.6 Å². The number of nitrogens with one attached hydrogen (secondary N) is 1. The highest BCUT2D eigenvalue weighted by Gasteiger charge is 2.20. The van der Waals surface area contributed by atoms with Crippen molar-refractivity contribution in [3.05, 3.63) is 65.2 Å². The van der Waals surface area contributed by atoms with Crippen molar-refractivity contribution in [2.24, 2.45) is 0 Å². The van der Waals surface area contributed by atoms with Gasteiger partial charge in [-0.1, -0.05) is 36.4 Å². The minimum absolute atomic E-state index is 0.0148. The first-order valence-electron chi connectivity index (χ1n) is 8.32. The fourth-order valence-corrected chi connectivity index (χ4v) is 3.47. The number of carboxylic acid groups (broad SMARTS) is 1. The van der Waals surface area contributed by atoms with Gasteiger partial charge >= 0.3 is 5.97 Å². The van der Waals surface area contributed by atoms with E-state index in [-0.39, 0.29) is 30.0 Å². The van der Waals surface area contributed by atoms with Gasteiger partial charge in [0.15, 0.2) is 0 Å². The van der Waals surface area contributed by atoms with Crippen LogP contribution in [-0.4, -0.2) is 43.9 Å². The zero-order valence-corrected chi connectivity index (χ0v) is 16.0. The molecule has 0 aliphatic carbocycles. The molecule has 0 fully saturated rings. The number of carbonyl (C=O) groups excluding carboxylic acids is 1. The lowest BCUT2D eigenvalue weighted by Crippen LogP contribution is -2.30. The lowest BCUT2D eigenvalue weighted by atomic mass is 10.1. The minimum Gasteiger partial charge on any atom is -0.481 e. The molecule has 7 nitrogen and oxygen atoms in total. The molecule has 0 spiro atoms. The topological polar surface area (TPSA) is 104 Å².